The number of rotatable bonds is 5. The Labute approximate surface area is 103 Å². The number of hydrogen-bond donors (Lipinski definition) is 2. The number of anilines is 1. The molecule has 0 amide bonds. The molecule has 0 aliphatic rings. The lowest BCUT2D eigenvalue weighted by atomic mass is 9.99. The summed E-state index contributed by atoms with van der Waals surface area (Å²) in [7, 11) is -3.49. The third-order valence-corrected chi connectivity index (χ3v) is 4.44. The Morgan fingerprint density at radius 3 is 2.35 bits per heavy atom. The lowest BCUT2D eigenvalue weighted by Gasteiger charge is -2.16. The maximum Gasteiger partial charge on any atom is 0.242 e. The minimum atomic E-state index is -3.49. The minimum absolute atomic E-state index is 0.149. The summed E-state index contributed by atoms with van der Waals surface area (Å²) in [4.78, 5) is 0.149. The fraction of sp³-hybridized carbons (Fsp3) is 0.500. The normalized spacial score (nSPS) is 13.9. The Balaban J connectivity index is 2.80. The van der Waals surface area contributed by atoms with Gasteiger partial charge in [-0.3, -0.25) is 0 Å². The van der Waals surface area contributed by atoms with E-state index in [4.69, 9.17) is 5.73 Å². The van der Waals surface area contributed by atoms with Gasteiger partial charge in [-0.15, -0.1) is 0 Å². The summed E-state index contributed by atoms with van der Waals surface area (Å²) in [5.41, 5.74) is 5.93. The van der Waals surface area contributed by atoms with E-state index in [-0.39, 0.29) is 16.5 Å². The van der Waals surface area contributed by atoms with Gasteiger partial charge in [0.05, 0.1) is 5.69 Å². The fourth-order valence-electron chi connectivity index (χ4n) is 1.28. The zero-order chi connectivity index (χ0) is 13.1. The first-order valence-electron chi connectivity index (χ1n) is 5.68. The molecule has 0 saturated heterocycles. The Morgan fingerprint density at radius 2 is 1.82 bits per heavy atom. The number of nitrogens with two attached hydrogens (primary N) is 1. The number of sulfonamides is 1. The van der Waals surface area contributed by atoms with Crippen LogP contribution in [0.4, 0.5) is 5.69 Å². The van der Waals surface area contributed by atoms with Crippen molar-refractivity contribution in [2.75, 3.05) is 12.3 Å². The van der Waals surface area contributed by atoms with E-state index in [2.05, 4.69) is 18.6 Å². The van der Waals surface area contributed by atoms with Crippen LogP contribution in [0.2, 0.25) is 0 Å². The van der Waals surface area contributed by atoms with Crippen LogP contribution in [0.1, 0.15) is 20.8 Å². The highest BCUT2D eigenvalue weighted by atomic mass is 32.2. The summed E-state index contributed by atoms with van der Waals surface area (Å²) in [6.07, 6.45) is 0. The molecule has 1 rings (SSSR count). The molecule has 1 aromatic rings. The summed E-state index contributed by atoms with van der Waals surface area (Å²) in [5.74, 6) is 0.723. The van der Waals surface area contributed by atoms with Crippen LogP contribution in [0.15, 0.2) is 29.2 Å². The molecule has 4 nitrogen and oxygen atoms in total. The molecule has 0 aliphatic heterocycles. The van der Waals surface area contributed by atoms with Crippen LogP contribution < -0.4 is 10.5 Å². The SMILES string of the molecule is CC(C)C(C)CNS(=O)(=O)c1ccccc1N. The Kier molecular flexibility index (Phi) is 4.54. The van der Waals surface area contributed by atoms with Crippen molar-refractivity contribution in [1.29, 1.82) is 0 Å². The van der Waals surface area contributed by atoms with Crippen LogP contribution in [0.3, 0.4) is 0 Å². The first-order chi connectivity index (χ1) is 7.84. The molecule has 1 unspecified atom stereocenters. The summed E-state index contributed by atoms with van der Waals surface area (Å²) < 4.78 is 26.6. The topological polar surface area (TPSA) is 72.2 Å². The molecule has 96 valence electrons. The van der Waals surface area contributed by atoms with E-state index in [1.54, 1.807) is 18.2 Å². The Bertz CT molecular complexity index is 469. The van der Waals surface area contributed by atoms with Crippen molar-refractivity contribution in [2.24, 2.45) is 11.8 Å². The molecule has 17 heavy (non-hydrogen) atoms. The van der Waals surface area contributed by atoms with Gasteiger partial charge in [-0.2, -0.15) is 0 Å². The van der Waals surface area contributed by atoms with E-state index < -0.39 is 10.0 Å². The lowest BCUT2D eigenvalue weighted by Crippen LogP contribution is -2.30. The van der Waals surface area contributed by atoms with Crippen molar-refractivity contribution in [3.8, 4) is 0 Å². The number of para-hydroxylation sites is 1. The Hall–Kier alpha value is -1.07. The molecular weight excluding hydrogens is 236 g/mol. The first-order valence-corrected chi connectivity index (χ1v) is 7.17. The van der Waals surface area contributed by atoms with Crippen LogP contribution in [0, 0.1) is 11.8 Å². The molecule has 0 bridgehead atoms. The van der Waals surface area contributed by atoms with Gasteiger partial charge in [-0.05, 0) is 24.0 Å². The van der Waals surface area contributed by atoms with Crippen molar-refractivity contribution in [1.82, 2.24) is 4.72 Å². The van der Waals surface area contributed by atoms with Crippen LogP contribution in [0.5, 0.6) is 0 Å². The maximum atomic E-state index is 12.0. The highest BCUT2D eigenvalue weighted by Gasteiger charge is 2.18. The highest BCUT2D eigenvalue weighted by Crippen LogP contribution is 2.17. The van der Waals surface area contributed by atoms with Crippen LogP contribution in [0.25, 0.3) is 0 Å². The molecule has 0 spiro atoms. The van der Waals surface area contributed by atoms with Crippen molar-refractivity contribution < 1.29 is 8.42 Å². The number of nitrogen functional groups attached to an aromatic ring is 1. The van der Waals surface area contributed by atoms with Crippen molar-refractivity contribution >= 4 is 15.7 Å². The summed E-state index contributed by atoms with van der Waals surface area (Å²) >= 11 is 0. The van der Waals surface area contributed by atoms with E-state index in [9.17, 15) is 8.42 Å². The van der Waals surface area contributed by atoms with E-state index in [0.717, 1.165) is 0 Å². The zero-order valence-electron chi connectivity index (χ0n) is 10.5. The van der Waals surface area contributed by atoms with E-state index >= 15 is 0 Å². The second-order valence-electron chi connectivity index (χ2n) is 4.61. The average Bonchev–Trinajstić information content (AvgIpc) is 2.26. The fourth-order valence-corrected chi connectivity index (χ4v) is 2.55. The van der Waals surface area contributed by atoms with Gasteiger partial charge < -0.3 is 5.73 Å². The van der Waals surface area contributed by atoms with Gasteiger partial charge in [0.2, 0.25) is 10.0 Å². The van der Waals surface area contributed by atoms with Crippen LogP contribution in [-0.4, -0.2) is 15.0 Å². The van der Waals surface area contributed by atoms with Gasteiger partial charge in [0, 0.05) is 6.54 Å². The Morgan fingerprint density at radius 1 is 1.24 bits per heavy atom. The molecule has 0 aliphatic carbocycles. The van der Waals surface area contributed by atoms with E-state index in [0.29, 0.717) is 12.5 Å². The van der Waals surface area contributed by atoms with Gasteiger partial charge >= 0.3 is 0 Å². The molecule has 5 heteroatoms. The predicted octanol–water partition coefficient (Wildman–Crippen LogP) is 1.84. The third-order valence-electron chi connectivity index (χ3n) is 2.94. The molecule has 0 heterocycles. The molecule has 3 N–H and O–H groups in total. The lowest BCUT2D eigenvalue weighted by molar-refractivity contribution is 0.414. The number of nitrogens with one attached hydrogen (secondary N) is 1. The van der Waals surface area contributed by atoms with Crippen molar-refractivity contribution in [3.63, 3.8) is 0 Å². The summed E-state index contributed by atoms with van der Waals surface area (Å²) in [5, 5.41) is 0. The van der Waals surface area contributed by atoms with Gasteiger partial charge in [0.25, 0.3) is 0 Å². The maximum absolute atomic E-state index is 12.0. The second-order valence-corrected chi connectivity index (χ2v) is 6.35. The van der Waals surface area contributed by atoms with E-state index in [1.807, 2.05) is 6.92 Å². The first kappa shape index (κ1) is 14.0. The smallest absolute Gasteiger partial charge is 0.242 e. The van der Waals surface area contributed by atoms with Gasteiger partial charge in [-0.25, -0.2) is 13.1 Å². The minimum Gasteiger partial charge on any atom is -0.398 e. The standard InChI is InChI=1S/C12H20N2O2S/c1-9(2)10(3)8-14-17(15,16)12-7-5-4-6-11(12)13/h4-7,9-10,14H,8,13H2,1-3H3. The molecule has 0 fully saturated rings. The van der Waals surface area contributed by atoms with Crippen molar-refractivity contribution in [2.45, 2.75) is 25.7 Å². The van der Waals surface area contributed by atoms with Gasteiger partial charge in [0.1, 0.15) is 4.90 Å². The zero-order valence-corrected chi connectivity index (χ0v) is 11.3. The quantitative estimate of drug-likeness (QED) is 0.790. The number of benzene rings is 1. The van der Waals surface area contributed by atoms with Gasteiger partial charge in [0.15, 0.2) is 0 Å². The summed E-state index contributed by atoms with van der Waals surface area (Å²) in [6.45, 7) is 6.57. The van der Waals surface area contributed by atoms with Crippen LogP contribution in [-0.2, 0) is 10.0 Å². The molecule has 0 radical (unpaired) electrons. The van der Waals surface area contributed by atoms with E-state index in [1.165, 1.54) is 6.07 Å². The number of hydrogen-bond acceptors (Lipinski definition) is 3. The van der Waals surface area contributed by atoms with Crippen LogP contribution >= 0.6 is 0 Å². The predicted molar refractivity (Wildman–Crippen MR) is 70.0 cm³/mol. The van der Waals surface area contributed by atoms with Crippen molar-refractivity contribution in [3.05, 3.63) is 24.3 Å². The monoisotopic (exact) mass is 256 g/mol. The molecule has 0 aromatic heterocycles. The third kappa shape index (κ3) is 3.71. The summed E-state index contributed by atoms with van der Waals surface area (Å²) in [6, 6.07) is 6.47. The molecule has 1 aromatic carbocycles. The largest absolute Gasteiger partial charge is 0.398 e. The molecular formula is C12H20N2O2S. The molecule has 1 atom stereocenters. The average molecular weight is 256 g/mol. The van der Waals surface area contributed by atoms with Gasteiger partial charge in [-0.1, -0.05) is 32.9 Å². The highest BCUT2D eigenvalue weighted by molar-refractivity contribution is 7.89. The molecule has 0 saturated carbocycles. The second kappa shape index (κ2) is 5.51.